The van der Waals surface area contributed by atoms with Crippen LogP contribution in [-0.4, -0.2) is 23.6 Å². The lowest BCUT2D eigenvalue weighted by Gasteiger charge is -2.12. The molecular formula is C11H9ClF3N3O. The van der Waals surface area contributed by atoms with Crippen molar-refractivity contribution in [3.05, 3.63) is 39.4 Å². The Labute approximate surface area is 111 Å². The summed E-state index contributed by atoms with van der Waals surface area (Å²) < 4.78 is 38.4. The van der Waals surface area contributed by atoms with Crippen LogP contribution in [0.5, 0.6) is 0 Å². The van der Waals surface area contributed by atoms with Crippen LogP contribution in [0.25, 0.3) is 5.70 Å². The van der Waals surface area contributed by atoms with Crippen molar-refractivity contribution in [2.45, 2.75) is 6.18 Å². The van der Waals surface area contributed by atoms with Crippen molar-refractivity contribution < 1.29 is 13.2 Å². The van der Waals surface area contributed by atoms with Gasteiger partial charge in [0.2, 0.25) is 0 Å². The Balaban J connectivity index is 3.57. The highest BCUT2D eigenvalue weighted by atomic mass is 35.5. The Morgan fingerprint density at radius 1 is 1.53 bits per heavy atom. The van der Waals surface area contributed by atoms with Crippen LogP contribution in [0.15, 0.2) is 23.3 Å². The monoisotopic (exact) mass is 291 g/mol. The van der Waals surface area contributed by atoms with Gasteiger partial charge in [0.25, 0.3) is 5.56 Å². The molecule has 0 fully saturated rings. The third-order valence-electron chi connectivity index (χ3n) is 2.06. The minimum atomic E-state index is -4.65. The zero-order valence-electron chi connectivity index (χ0n) is 9.99. The Kier molecular flexibility index (Phi) is 4.27. The average molecular weight is 292 g/mol. The topological polar surface area (TPSA) is 49.0 Å². The quantitative estimate of drug-likeness (QED) is 0.786. The van der Waals surface area contributed by atoms with E-state index in [4.69, 9.17) is 16.9 Å². The highest BCUT2D eigenvalue weighted by Gasteiger charge is 2.32. The number of aromatic nitrogens is 1. The number of hydrogen-bond donors (Lipinski definition) is 0. The summed E-state index contributed by atoms with van der Waals surface area (Å²) in [5, 5.41) is 8.31. The van der Waals surface area contributed by atoms with E-state index >= 15 is 0 Å². The summed E-state index contributed by atoms with van der Waals surface area (Å²) >= 11 is 5.48. The predicted octanol–water partition coefficient (Wildman–Crippen LogP) is 2.40. The first-order valence-electron chi connectivity index (χ1n) is 4.95. The van der Waals surface area contributed by atoms with E-state index < -0.39 is 22.3 Å². The molecule has 0 atom stereocenters. The van der Waals surface area contributed by atoms with Crippen molar-refractivity contribution in [3.63, 3.8) is 0 Å². The third-order valence-corrected chi connectivity index (χ3v) is 2.33. The molecule has 0 aromatic carbocycles. The Bertz CT molecular complexity index is 611. The molecule has 0 N–H and O–H groups in total. The Morgan fingerprint density at radius 2 is 2.11 bits per heavy atom. The molecule has 4 nitrogen and oxygen atoms in total. The lowest BCUT2D eigenvalue weighted by molar-refractivity contribution is -0.137. The lowest BCUT2D eigenvalue weighted by atomic mass is 10.2. The molecule has 19 heavy (non-hydrogen) atoms. The maximum absolute atomic E-state index is 12.6. The highest BCUT2D eigenvalue weighted by molar-refractivity contribution is 6.30. The maximum Gasteiger partial charge on any atom is 0.417 e. The van der Waals surface area contributed by atoms with Gasteiger partial charge in [-0.05, 0) is 6.07 Å². The molecule has 0 spiro atoms. The van der Waals surface area contributed by atoms with Gasteiger partial charge in [-0.15, -0.1) is 0 Å². The van der Waals surface area contributed by atoms with Crippen molar-refractivity contribution >= 4 is 17.3 Å². The fraction of sp³-hybridized carbons (Fsp3) is 0.273. The van der Waals surface area contributed by atoms with Gasteiger partial charge >= 0.3 is 6.18 Å². The van der Waals surface area contributed by atoms with Gasteiger partial charge in [0.1, 0.15) is 16.8 Å². The smallest absolute Gasteiger partial charge is 0.381 e. The van der Waals surface area contributed by atoms with Crippen LogP contribution in [0.1, 0.15) is 5.56 Å². The van der Waals surface area contributed by atoms with E-state index in [1.165, 1.54) is 11.1 Å². The van der Waals surface area contributed by atoms with Gasteiger partial charge < -0.3 is 4.90 Å². The van der Waals surface area contributed by atoms with Crippen molar-refractivity contribution in [2.75, 3.05) is 14.1 Å². The third kappa shape index (κ3) is 3.51. The summed E-state index contributed by atoms with van der Waals surface area (Å²) in [6.45, 7) is 0. The van der Waals surface area contributed by atoms with E-state index in [2.05, 4.69) is 0 Å². The second-order valence-electron chi connectivity index (χ2n) is 3.84. The molecular weight excluding hydrogens is 283 g/mol. The van der Waals surface area contributed by atoms with Crippen LogP contribution < -0.4 is 5.56 Å². The summed E-state index contributed by atoms with van der Waals surface area (Å²) in [5.41, 5.74) is -2.25. The first kappa shape index (κ1) is 15.1. The second-order valence-corrected chi connectivity index (χ2v) is 4.25. The van der Waals surface area contributed by atoms with E-state index in [1.807, 2.05) is 0 Å². The summed E-state index contributed by atoms with van der Waals surface area (Å²) in [5.74, 6) is 0. The molecule has 0 amide bonds. The molecule has 0 aliphatic heterocycles. The number of pyridine rings is 1. The van der Waals surface area contributed by atoms with Crippen LogP contribution in [-0.2, 0) is 6.18 Å². The number of rotatable bonds is 2. The molecule has 0 saturated heterocycles. The number of alkyl halides is 3. The van der Waals surface area contributed by atoms with Gasteiger partial charge in [0.15, 0.2) is 0 Å². The Hall–Kier alpha value is -1.94. The summed E-state index contributed by atoms with van der Waals surface area (Å²) in [6, 6.07) is 2.19. The zero-order valence-corrected chi connectivity index (χ0v) is 10.7. The predicted molar refractivity (Wildman–Crippen MR) is 64.3 cm³/mol. The van der Waals surface area contributed by atoms with Gasteiger partial charge in [-0.3, -0.25) is 9.36 Å². The molecule has 0 aliphatic carbocycles. The van der Waals surface area contributed by atoms with Crippen LogP contribution >= 0.6 is 11.6 Å². The normalized spacial score (nSPS) is 12.2. The summed E-state index contributed by atoms with van der Waals surface area (Å²) in [6.07, 6.45) is -2.89. The first-order chi connectivity index (χ1) is 8.66. The van der Waals surface area contributed by atoms with E-state index in [9.17, 15) is 18.0 Å². The largest absolute Gasteiger partial charge is 0.417 e. The van der Waals surface area contributed by atoms with E-state index in [0.29, 0.717) is 16.8 Å². The lowest BCUT2D eigenvalue weighted by Crippen LogP contribution is -2.23. The average Bonchev–Trinajstić information content (AvgIpc) is 2.28. The van der Waals surface area contributed by atoms with Crippen LogP contribution in [0.2, 0.25) is 5.02 Å². The molecule has 1 aromatic heterocycles. The standard InChI is InChI=1S/C11H9ClF3N3O/c1-17(2)6-8(4-16)18-5-7(11(13,14)15)3-9(12)10(18)19/h3,5-6H,1-2H3. The van der Waals surface area contributed by atoms with Crippen LogP contribution in [0.3, 0.4) is 0 Å². The molecule has 0 radical (unpaired) electrons. The molecule has 8 heteroatoms. The van der Waals surface area contributed by atoms with E-state index in [1.54, 1.807) is 20.2 Å². The van der Waals surface area contributed by atoms with Gasteiger partial charge in [0.05, 0.1) is 5.56 Å². The van der Waals surface area contributed by atoms with Gasteiger partial charge in [-0.2, -0.15) is 18.4 Å². The number of nitriles is 1. The summed E-state index contributed by atoms with van der Waals surface area (Å²) in [4.78, 5) is 13.1. The van der Waals surface area contributed by atoms with Crippen LogP contribution in [0, 0.1) is 11.3 Å². The molecule has 102 valence electrons. The Morgan fingerprint density at radius 3 is 2.53 bits per heavy atom. The number of halogens is 4. The van der Waals surface area contributed by atoms with Crippen molar-refractivity contribution in [3.8, 4) is 6.07 Å². The fourth-order valence-electron chi connectivity index (χ4n) is 1.27. The molecule has 0 saturated carbocycles. The molecule has 1 heterocycles. The van der Waals surface area contributed by atoms with Gasteiger partial charge in [0, 0.05) is 26.5 Å². The van der Waals surface area contributed by atoms with E-state index in [0.717, 1.165) is 0 Å². The molecule has 0 aliphatic rings. The van der Waals surface area contributed by atoms with Gasteiger partial charge in [-0.25, -0.2) is 0 Å². The number of allylic oxidation sites excluding steroid dienone is 1. The SMILES string of the molecule is CN(C)C=C(C#N)n1cc(C(F)(F)F)cc(Cl)c1=O. The molecule has 1 aromatic rings. The zero-order chi connectivity index (χ0) is 14.8. The second kappa shape index (κ2) is 5.36. The fourth-order valence-corrected chi connectivity index (χ4v) is 1.48. The van der Waals surface area contributed by atoms with Crippen molar-refractivity contribution in [1.29, 1.82) is 5.26 Å². The maximum atomic E-state index is 12.6. The number of hydrogen-bond acceptors (Lipinski definition) is 3. The summed E-state index contributed by atoms with van der Waals surface area (Å²) in [7, 11) is 3.13. The molecule has 0 bridgehead atoms. The molecule has 1 rings (SSSR count). The minimum Gasteiger partial charge on any atom is -0.381 e. The van der Waals surface area contributed by atoms with Crippen molar-refractivity contribution in [1.82, 2.24) is 9.47 Å². The molecule has 0 unspecified atom stereocenters. The first-order valence-corrected chi connectivity index (χ1v) is 5.32. The van der Waals surface area contributed by atoms with E-state index in [-0.39, 0.29) is 5.70 Å². The highest BCUT2D eigenvalue weighted by Crippen LogP contribution is 2.30. The van der Waals surface area contributed by atoms with Crippen LogP contribution in [0.4, 0.5) is 13.2 Å². The van der Waals surface area contributed by atoms with Crippen molar-refractivity contribution in [2.24, 2.45) is 0 Å². The minimum absolute atomic E-state index is 0.261. The van der Waals surface area contributed by atoms with Gasteiger partial charge in [-0.1, -0.05) is 11.6 Å². The number of nitrogens with zero attached hydrogens (tertiary/aromatic N) is 3.